The number of H-pyrrole nitrogens is 1. The topological polar surface area (TPSA) is 41.6 Å². The van der Waals surface area contributed by atoms with Crippen molar-refractivity contribution in [1.29, 1.82) is 0 Å². The van der Waals surface area contributed by atoms with Crippen molar-refractivity contribution in [1.82, 2.24) is 15.2 Å². The number of rotatable bonds is 4. The van der Waals surface area contributed by atoms with Crippen LogP contribution in [0, 0.1) is 6.92 Å². The molecule has 0 aliphatic heterocycles. The average Bonchev–Trinajstić information content (AvgIpc) is 2.68. The van der Waals surface area contributed by atoms with E-state index in [0.717, 1.165) is 23.6 Å². The molecule has 0 radical (unpaired) electrons. The van der Waals surface area contributed by atoms with Gasteiger partial charge in [-0.3, -0.25) is 5.10 Å². The lowest BCUT2D eigenvalue weighted by atomic mass is 10.1. The van der Waals surface area contributed by atoms with Crippen LogP contribution < -0.4 is 0 Å². The molecule has 0 aliphatic rings. The van der Waals surface area contributed by atoms with E-state index >= 15 is 0 Å². The fourth-order valence-electron chi connectivity index (χ4n) is 1.19. The molecular formula is C13H19N3. The Morgan fingerprint density at radius 3 is 2.56 bits per heavy atom. The summed E-state index contributed by atoms with van der Waals surface area (Å²) in [4.78, 5) is 4.24. The highest BCUT2D eigenvalue weighted by molar-refractivity contribution is 5.25. The summed E-state index contributed by atoms with van der Waals surface area (Å²) in [6, 6.07) is 0. The molecule has 3 nitrogen and oxygen atoms in total. The summed E-state index contributed by atoms with van der Waals surface area (Å²) in [6.07, 6.45) is 8.50. The first kappa shape index (κ1) is 14.1. The summed E-state index contributed by atoms with van der Waals surface area (Å²) in [5, 5.41) is 6.89. The Hall–Kier alpha value is -1.90. The normalized spacial score (nSPS) is 11.0. The number of aromatic nitrogens is 3. The molecule has 86 valence electrons. The lowest BCUT2D eigenvalue weighted by Crippen LogP contribution is -1.90. The molecule has 0 unspecified atom stereocenters. The van der Waals surface area contributed by atoms with E-state index in [-0.39, 0.29) is 0 Å². The monoisotopic (exact) mass is 217 g/mol. The number of aryl methyl sites for hydroxylation is 1. The van der Waals surface area contributed by atoms with Crippen molar-refractivity contribution in [2.45, 2.75) is 20.3 Å². The molecule has 0 saturated heterocycles. The Balaban J connectivity index is 0.00000106. The first-order valence-corrected chi connectivity index (χ1v) is 5.08. The zero-order valence-electron chi connectivity index (χ0n) is 10.0. The molecule has 1 rings (SSSR count). The molecular weight excluding hydrogens is 198 g/mol. The molecule has 1 aromatic heterocycles. The quantitative estimate of drug-likeness (QED) is 0.621. The van der Waals surface area contributed by atoms with Gasteiger partial charge in [-0.15, -0.1) is 13.2 Å². The van der Waals surface area contributed by atoms with Crippen LogP contribution in [0.3, 0.4) is 0 Å². The van der Waals surface area contributed by atoms with Crippen LogP contribution in [-0.4, -0.2) is 15.2 Å². The van der Waals surface area contributed by atoms with Gasteiger partial charge in [0.05, 0.1) is 0 Å². The Morgan fingerprint density at radius 2 is 2.12 bits per heavy atom. The second-order valence-electron chi connectivity index (χ2n) is 2.99. The fourth-order valence-corrected chi connectivity index (χ4v) is 1.19. The van der Waals surface area contributed by atoms with Crippen molar-refractivity contribution in [3.05, 3.63) is 61.3 Å². The number of hydrogen-bond donors (Lipinski definition) is 1. The maximum absolute atomic E-state index is 4.24. The van der Waals surface area contributed by atoms with Crippen LogP contribution in [0.1, 0.15) is 18.6 Å². The molecule has 0 aliphatic carbocycles. The summed E-state index contributed by atoms with van der Waals surface area (Å²) in [5.74, 6) is 1.66. The minimum absolute atomic E-state index is 0.737. The zero-order valence-corrected chi connectivity index (χ0v) is 10.0. The molecule has 0 atom stereocenters. The van der Waals surface area contributed by atoms with Gasteiger partial charge < -0.3 is 0 Å². The van der Waals surface area contributed by atoms with Crippen LogP contribution >= 0.6 is 0 Å². The molecule has 1 aromatic rings. The second kappa shape index (κ2) is 8.41. The van der Waals surface area contributed by atoms with Crippen LogP contribution in [0.2, 0.25) is 0 Å². The molecule has 0 amide bonds. The summed E-state index contributed by atoms with van der Waals surface area (Å²) in [6.45, 7) is 13.5. The number of allylic oxidation sites excluding steroid dienone is 5. The van der Waals surface area contributed by atoms with Crippen molar-refractivity contribution in [2.24, 2.45) is 0 Å². The lowest BCUT2D eigenvalue weighted by molar-refractivity contribution is 0.969. The Kier molecular flexibility index (Phi) is 7.41. The molecule has 16 heavy (non-hydrogen) atoms. The van der Waals surface area contributed by atoms with E-state index in [1.807, 2.05) is 32.1 Å². The summed E-state index contributed by atoms with van der Waals surface area (Å²) < 4.78 is 0. The third-order valence-corrected chi connectivity index (χ3v) is 1.72. The van der Waals surface area contributed by atoms with Gasteiger partial charge in [-0.05, 0) is 19.4 Å². The van der Waals surface area contributed by atoms with Crippen LogP contribution in [-0.2, 0) is 6.42 Å². The highest BCUT2D eigenvalue weighted by atomic mass is 15.2. The Labute approximate surface area is 97.3 Å². The number of nitrogens with one attached hydrogen (secondary N) is 1. The van der Waals surface area contributed by atoms with Crippen molar-refractivity contribution in [3.63, 3.8) is 0 Å². The minimum atomic E-state index is 0.737. The smallest absolute Gasteiger partial charge is 0.155 e. The fraction of sp³-hybridized carbons (Fsp3) is 0.231. The predicted octanol–water partition coefficient (Wildman–Crippen LogP) is 3.15. The lowest BCUT2D eigenvalue weighted by Gasteiger charge is -1.95. The van der Waals surface area contributed by atoms with E-state index in [2.05, 4.69) is 34.9 Å². The van der Waals surface area contributed by atoms with Crippen LogP contribution in [0.15, 0.2) is 49.6 Å². The summed E-state index contributed by atoms with van der Waals surface area (Å²) in [7, 11) is 0. The van der Waals surface area contributed by atoms with Crippen LogP contribution in [0.5, 0.6) is 0 Å². The molecule has 3 heteroatoms. The molecule has 1 heterocycles. The van der Waals surface area contributed by atoms with E-state index < -0.39 is 0 Å². The predicted molar refractivity (Wildman–Crippen MR) is 69.2 cm³/mol. The average molecular weight is 217 g/mol. The van der Waals surface area contributed by atoms with E-state index in [4.69, 9.17) is 0 Å². The van der Waals surface area contributed by atoms with Gasteiger partial charge >= 0.3 is 0 Å². The first-order chi connectivity index (χ1) is 7.76. The SMILES string of the molecule is C=C.C=C/C=C(\C=C/C)Cc1n[nH]c(C)n1. The van der Waals surface area contributed by atoms with Gasteiger partial charge in [-0.1, -0.05) is 30.9 Å². The third kappa shape index (κ3) is 5.10. The number of aromatic amines is 1. The highest BCUT2D eigenvalue weighted by Crippen LogP contribution is 2.05. The summed E-state index contributed by atoms with van der Waals surface area (Å²) in [5.41, 5.74) is 1.15. The van der Waals surface area contributed by atoms with E-state index in [1.165, 1.54) is 0 Å². The largest absolute Gasteiger partial charge is 0.263 e. The van der Waals surface area contributed by atoms with Gasteiger partial charge in [0.25, 0.3) is 0 Å². The molecule has 0 spiro atoms. The van der Waals surface area contributed by atoms with Crippen LogP contribution in [0.4, 0.5) is 0 Å². The third-order valence-electron chi connectivity index (χ3n) is 1.72. The van der Waals surface area contributed by atoms with Gasteiger partial charge in [0, 0.05) is 6.42 Å². The van der Waals surface area contributed by atoms with Gasteiger partial charge in [0.1, 0.15) is 5.82 Å². The van der Waals surface area contributed by atoms with Gasteiger partial charge in [0.15, 0.2) is 5.82 Å². The van der Waals surface area contributed by atoms with Crippen molar-refractivity contribution in [3.8, 4) is 0 Å². The molecule has 0 bridgehead atoms. The molecule has 0 saturated carbocycles. The Morgan fingerprint density at radius 1 is 1.44 bits per heavy atom. The first-order valence-electron chi connectivity index (χ1n) is 5.08. The van der Waals surface area contributed by atoms with Gasteiger partial charge in [-0.25, -0.2) is 4.98 Å². The summed E-state index contributed by atoms with van der Waals surface area (Å²) >= 11 is 0. The Bertz CT molecular complexity index is 372. The zero-order chi connectivity index (χ0) is 12.4. The van der Waals surface area contributed by atoms with Gasteiger partial charge in [0.2, 0.25) is 0 Å². The van der Waals surface area contributed by atoms with Gasteiger partial charge in [-0.2, -0.15) is 5.10 Å². The maximum atomic E-state index is 4.24. The second-order valence-corrected chi connectivity index (χ2v) is 2.99. The molecule has 0 fully saturated rings. The molecule has 1 N–H and O–H groups in total. The maximum Gasteiger partial charge on any atom is 0.155 e. The van der Waals surface area contributed by atoms with E-state index in [1.54, 1.807) is 6.08 Å². The molecule has 0 aromatic carbocycles. The number of hydrogen-bond acceptors (Lipinski definition) is 2. The van der Waals surface area contributed by atoms with E-state index in [9.17, 15) is 0 Å². The highest BCUT2D eigenvalue weighted by Gasteiger charge is 2.00. The standard InChI is InChI=1S/C11H15N3.C2H4/c1-4-6-10(7-5-2)8-11-12-9(3)13-14-11;1-2/h4-7H,1,8H2,2-3H3,(H,12,13,14);1-2H2/b7-5-,10-6+;. The van der Waals surface area contributed by atoms with Crippen molar-refractivity contribution >= 4 is 0 Å². The van der Waals surface area contributed by atoms with E-state index in [0.29, 0.717) is 0 Å². The van der Waals surface area contributed by atoms with Crippen molar-refractivity contribution in [2.75, 3.05) is 0 Å². The minimum Gasteiger partial charge on any atom is -0.263 e. The van der Waals surface area contributed by atoms with Crippen LogP contribution in [0.25, 0.3) is 0 Å². The number of nitrogens with zero attached hydrogens (tertiary/aromatic N) is 2. The van der Waals surface area contributed by atoms with Crippen molar-refractivity contribution < 1.29 is 0 Å².